The molecule has 1 fully saturated rings. The van der Waals surface area contributed by atoms with Crippen molar-refractivity contribution in [3.63, 3.8) is 0 Å². The average Bonchev–Trinajstić information content (AvgIpc) is 3.50. The van der Waals surface area contributed by atoms with Gasteiger partial charge in [-0.1, -0.05) is 23.8 Å². The zero-order valence-electron chi connectivity index (χ0n) is 16.0. The number of methoxy groups -OCH3 is 1. The highest BCUT2D eigenvalue weighted by Crippen LogP contribution is 2.30. The molecule has 6 nitrogen and oxygen atoms in total. The molecular weight excluding hydrogens is 354 g/mol. The fourth-order valence-corrected chi connectivity index (χ4v) is 3.26. The molecule has 3 aromatic rings. The molecule has 28 heavy (non-hydrogen) atoms. The van der Waals surface area contributed by atoms with Crippen LogP contribution in [0, 0.1) is 6.92 Å². The van der Waals surface area contributed by atoms with Crippen molar-refractivity contribution in [3.05, 3.63) is 70.0 Å². The van der Waals surface area contributed by atoms with Crippen LogP contribution in [0.5, 0.6) is 5.75 Å². The average molecular weight is 377 g/mol. The maximum absolute atomic E-state index is 12.9. The van der Waals surface area contributed by atoms with Crippen molar-refractivity contribution in [2.24, 2.45) is 0 Å². The van der Waals surface area contributed by atoms with Crippen molar-refractivity contribution in [1.82, 2.24) is 10.3 Å². The normalized spacial score (nSPS) is 13.4. The maximum atomic E-state index is 12.9. The Morgan fingerprint density at radius 2 is 2.00 bits per heavy atom. The van der Waals surface area contributed by atoms with Gasteiger partial charge in [-0.15, -0.1) is 0 Å². The Balaban J connectivity index is 1.74. The number of para-hydroxylation sites is 2. The molecule has 0 saturated heterocycles. The van der Waals surface area contributed by atoms with Crippen LogP contribution >= 0.6 is 0 Å². The monoisotopic (exact) mass is 377 g/mol. The number of benzene rings is 2. The Hall–Kier alpha value is -3.28. The van der Waals surface area contributed by atoms with E-state index in [0.29, 0.717) is 17.0 Å². The summed E-state index contributed by atoms with van der Waals surface area (Å²) in [5.41, 5.74) is 2.85. The minimum absolute atomic E-state index is 0.151. The van der Waals surface area contributed by atoms with Crippen LogP contribution in [0.2, 0.25) is 0 Å². The van der Waals surface area contributed by atoms with Crippen molar-refractivity contribution < 1.29 is 9.53 Å². The zero-order chi connectivity index (χ0) is 19.7. The zero-order valence-corrected chi connectivity index (χ0v) is 16.0. The quantitative estimate of drug-likeness (QED) is 0.712. The fourth-order valence-electron chi connectivity index (χ4n) is 3.26. The maximum Gasteiger partial charge on any atom is 0.322 e. The molecule has 0 bridgehead atoms. The number of carbonyl (C=O) groups excluding carboxylic acids is 1. The summed E-state index contributed by atoms with van der Waals surface area (Å²) >= 11 is 0. The highest BCUT2D eigenvalue weighted by atomic mass is 16.5. The van der Waals surface area contributed by atoms with E-state index in [2.05, 4.69) is 10.3 Å². The number of fused-ring (bicyclic) bond motifs is 1. The summed E-state index contributed by atoms with van der Waals surface area (Å²) in [5.74, 6) is 0.585. The second-order valence-corrected chi connectivity index (χ2v) is 7.20. The molecule has 1 saturated carbocycles. The number of rotatable bonds is 5. The van der Waals surface area contributed by atoms with Crippen LogP contribution in [0.3, 0.4) is 0 Å². The summed E-state index contributed by atoms with van der Waals surface area (Å²) in [7, 11) is 1.57. The van der Waals surface area contributed by atoms with E-state index in [1.54, 1.807) is 18.1 Å². The lowest BCUT2D eigenvalue weighted by atomic mass is 10.1. The molecule has 0 atom stereocenters. The van der Waals surface area contributed by atoms with E-state index >= 15 is 0 Å². The highest BCUT2D eigenvalue weighted by Gasteiger charge is 2.28. The number of aromatic nitrogens is 1. The highest BCUT2D eigenvalue weighted by molar-refractivity contribution is 5.94. The number of H-pyrrole nitrogens is 1. The first-order valence-corrected chi connectivity index (χ1v) is 9.39. The number of amides is 2. The molecule has 0 aliphatic heterocycles. The molecular formula is C22H23N3O3. The summed E-state index contributed by atoms with van der Waals surface area (Å²) < 4.78 is 5.44. The molecule has 1 heterocycles. The van der Waals surface area contributed by atoms with Crippen LogP contribution in [0.15, 0.2) is 53.3 Å². The predicted molar refractivity (Wildman–Crippen MR) is 110 cm³/mol. The molecule has 1 aliphatic rings. The lowest BCUT2D eigenvalue weighted by Gasteiger charge is -2.25. The van der Waals surface area contributed by atoms with Gasteiger partial charge < -0.3 is 15.0 Å². The number of pyridine rings is 1. The third-order valence-electron chi connectivity index (χ3n) is 4.93. The molecule has 0 radical (unpaired) electrons. The van der Waals surface area contributed by atoms with Crippen LogP contribution < -0.4 is 20.5 Å². The van der Waals surface area contributed by atoms with Crippen molar-refractivity contribution in [3.8, 4) is 5.75 Å². The first-order chi connectivity index (χ1) is 13.5. The lowest BCUT2D eigenvalue weighted by molar-refractivity contribution is 0.245. The third-order valence-corrected chi connectivity index (χ3v) is 4.93. The Labute approximate surface area is 163 Å². The number of hydrogen-bond donors (Lipinski definition) is 2. The van der Waals surface area contributed by atoms with Crippen LogP contribution in [-0.2, 0) is 6.54 Å². The number of urea groups is 1. The molecule has 2 N–H and O–H groups in total. The summed E-state index contributed by atoms with van der Waals surface area (Å²) in [5, 5.41) is 3.95. The van der Waals surface area contributed by atoms with Gasteiger partial charge in [0.15, 0.2) is 0 Å². The molecule has 2 amide bonds. The summed E-state index contributed by atoms with van der Waals surface area (Å²) in [6.07, 6.45) is 1.97. The van der Waals surface area contributed by atoms with Gasteiger partial charge in [0.25, 0.3) is 5.56 Å². The Morgan fingerprint density at radius 1 is 1.21 bits per heavy atom. The molecule has 144 valence electrons. The molecule has 0 unspecified atom stereocenters. The largest absolute Gasteiger partial charge is 0.495 e. The van der Waals surface area contributed by atoms with Gasteiger partial charge in [0.1, 0.15) is 5.75 Å². The number of anilines is 1. The number of ether oxygens (including phenoxy) is 1. The molecule has 0 spiro atoms. The first kappa shape index (κ1) is 18.1. The Kier molecular flexibility index (Phi) is 4.77. The minimum atomic E-state index is -0.226. The van der Waals surface area contributed by atoms with Gasteiger partial charge in [0.2, 0.25) is 0 Å². The van der Waals surface area contributed by atoms with Crippen molar-refractivity contribution >= 4 is 22.6 Å². The van der Waals surface area contributed by atoms with Gasteiger partial charge in [-0.2, -0.15) is 0 Å². The van der Waals surface area contributed by atoms with E-state index in [4.69, 9.17) is 4.74 Å². The fraction of sp³-hybridized carbons (Fsp3) is 0.273. The first-order valence-electron chi connectivity index (χ1n) is 9.39. The van der Waals surface area contributed by atoms with E-state index in [-0.39, 0.29) is 24.2 Å². The second kappa shape index (κ2) is 7.38. The second-order valence-electron chi connectivity index (χ2n) is 7.20. The SMILES string of the molecule is COc1ccccc1N(Cc1cc2cc(C)ccc2[nH]c1=O)C(=O)NC1CC1. The summed E-state index contributed by atoms with van der Waals surface area (Å²) in [4.78, 5) is 30.1. The van der Waals surface area contributed by atoms with E-state index in [1.165, 1.54) is 0 Å². The van der Waals surface area contributed by atoms with Crippen LogP contribution in [0.1, 0.15) is 24.0 Å². The standard InChI is InChI=1S/C22H23N3O3/c1-14-7-10-18-15(11-14)12-16(21(26)24-18)13-25(22(27)23-17-8-9-17)19-5-3-4-6-20(19)28-2/h3-7,10-12,17H,8-9,13H2,1-2H3,(H,23,27)(H,24,26). The Bertz CT molecular complexity index is 1090. The van der Waals surface area contributed by atoms with E-state index in [9.17, 15) is 9.59 Å². The van der Waals surface area contributed by atoms with Crippen molar-refractivity contribution in [2.75, 3.05) is 12.0 Å². The smallest absolute Gasteiger partial charge is 0.322 e. The number of nitrogens with one attached hydrogen (secondary N) is 2. The molecule has 1 aliphatic carbocycles. The van der Waals surface area contributed by atoms with Gasteiger partial charge in [-0.25, -0.2) is 4.79 Å². The number of carbonyl (C=O) groups is 1. The van der Waals surface area contributed by atoms with Crippen LogP contribution in [0.25, 0.3) is 10.9 Å². The number of aryl methyl sites for hydroxylation is 1. The summed E-state index contributed by atoms with van der Waals surface area (Å²) in [6, 6.07) is 15.0. The topological polar surface area (TPSA) is 74.4 Å². The van der Waals surface area contributed by atoms with Gasteiger partial charge >= 0.3 is 6.03 Å². The molecule has 6 heteroatoms. The Morgan fingerprint density at radius 3 is 2.75 bits per heavy atom. The molecule has 1 aromatic heterocycles. The number of nitrogens with zero attached hydrogens (tertiary/aromatic N) is 1. The van der Waals surface area contributed by atoms with E-state index in [0.717, 1.165) is 29.3 Å². The molecule has 4 rings (SSSR count). The predicted octanol–water partition coefficient (Wildman–Crippen LogP) is 3.72. The lowest BCUT2D eigenvalue weighted by Crippen LogP contribution is -2.41. The third kappa shape index (κ3) is 3.71. The number of hydrogen-bond acceptors (Lipinski definition) is 3. The van der Waals surface area contributed by atoms with Crippen LogP contribution in [-0.4, -0.2) is 24.2 Å². The van der Waals surface area contributed by atoms with Gasteiger partial charge in [0, 0.05) is 17.1 Å². The minimum Gasteiger partial charge on any atom is -0.495 e. The number of aromatic amines is 1. The van der Waals surface area contributed by atoms with Gasteiger partial charge in [0.05, 0.1) is 19.3 Å². The van der Waals surface area contributed by atoms with Gasteiger partial charge in [-0.05, 0) is 55.5 Å². The molecule has 2 aromatic carbocycles. The van der Waals surface area contributed by atoms with Crippen molar-refractivity contribution in [1.29, 1.82) is 0 Å². The van der Waals surface area contributed by atoms with E-state index < -0.39 is 0 Å². The van der Waals surface area contributed by atoms with Crippen LogP contribution in [0.4, 0.5) is 10.5 Å². The van der Waals surface area contributed by atoms with E-state index in [1.807, 2.05) is 49.4 Å². The van der Waals surface area contributed by atoms with Crippen molar-refractivity contribution in [2.45, 2.75) is 32.4 Å². The summed E-state index contributed by atoms with van der Waals surface area (Å²) in [6.45, 7) is 2.16. The van der Waals surface area contributed by atoms with Gasteiger partial charge in [-0.3, -0.25) is 9.69 Å².